The third-order valence-corrected chi connectivity index (χ3v) is 3.98. The second kappa shape index (κ2) is 6.31. The zero-order valence-electron chi connectivity index (χ0n) is 12.7. The fraction of sp³-hybridized carbons (Fsp3) is 0.471. The van der Waals surface area contributed by atoms with Crippen LogP contribution in [0.4, 0.5) is 0 Å². The summed E-state index contributed by atoms with van der Waals surface area (Å²) in [6, 6.07) is 10.7. The van der Waals surface area contributed by atoms with Gasteiger partial charge in [-0.1, -0.05) is 25.1 Å². The summed E-state index contributed by atoms with van der Waals surface area (Å²) < 4.78 is 8.01. The fourth-order valence-electron chi connectivity index (χ4n) is 2.90. The number of aromatic nitrogens is 2. The van der Waals surface area contributed by atoms with E-state index in [0.717, 1.165) is 37.3 Å². The molecule has 0 spiro atoms. The Morgan fingerprint density at radius 1 is 1.38 bits per heavy atom. The number of ether oxygens (including phenoxy) is 1. The highest BCUT2D eigenvalue weighted by Crippen LogP contribution is 2.30. The van der Waals surface area contributed by atoms with E-state index < -0.39 is 0 Å². The van der Waals surface area contributed by atoms with Crippen LogP contribution in [0.1, 0.15) is 24.6 Å². The largest absolute Gasteiger partial charge is 0.488 e. The molecule has 1 aromatic heterocycles. The van der Waals surface area contributed by atoms with Crippen molar-refractivity contribution in [1.82, 2.24) is 15.1 Å². The van der Waals surface area contributed by atoms with Gasteiger partial charge in [0, 0.05) is 32.1 Å². The van der Waals surface area contributed by atoms with Gasteiger partial charge in [0.05, 0.1) is 5.69 Å². The molecule has 2 heterocycles. The van der Waals surface area contributed by atoms with Gasteiger partial charge in [-0.15, -0.1) is 0 Å². The summed E-state index contributed by atoms with van der Waals surface area (Å²) in [5, 5.41) is 8.13. The average molecular weight is 285 g/mol. The van der Waals surface area contributed by atoms with Crippen LogP contribution in [0.5, 0.6) is 5.75 Å². The van der Waals surface area contributed by atoms with Gasteiger partial charge in [-0.2, -0.15) is 5.10 Å². The van der Waals surface area contributed by atoms with E-state index in [1.165, 1.54) is 5.56 Å². The molecule has 1 aliphatic rings. The average Bonchev–Trinajstić information content (AvgIpc) is 3.09. The molecule has 1 aromatic carbocycles. The van der Waals surface area contributed by atoms with Gasteiger partial charge in [-0.05, 0) is 30.7 Å². The Kier molecular flexibility index (Phi) is 4.25. The Morgan fingerprint density at radius 2 is 2.24 bits per heavy atom. The summed E-state index contributed by atoms with van der Waals surface area (Å²) in [5.41, 5.74) is 2.43. The summed E-state index contributed by atoms with van der Waals surface area (Å²) in [6.07, 6.45) is 5.19. The summed E-state index contributed by atoms with van der Waals surface area (Å²) in [5.74, 6) is 1.03. The first-order valence-electron chi connectivity index (χ1n) is 7.72. The molecule has 112 valence electrons. The van der Waals surface area contributed by atoms with Crippen LogP contribution < -0.4 is 10.1 Å². The molecule has 2 aromatic rings. The first kappa shape index (κ1) is 14.1. The van der Waals surface area contributed by atoms with Crippen LogP contribution in [-0.4, -0.2) is 28.5 Å². The van der Waals surface area contributed by atoms with Crippen LogP contribution in [-0.2, 0) is 19.9 Å². The molecule has 0 aliphatic carbocycles. The fourth-order valence-corrected chi connectivity index (χ4v) is 2.90. The molecule has 0 saturated heterocycles. The maximum atomic E-state index is 6.15. The lowest BCUT2D eigenvalue weighted by molar-refractivity contribution is 0.176. The smallest absolute Gasteiger partial charge is 0.123 e. The number of aryl methyl sites for hydroxylation is 1. The summed E-state index contributed by atoms with van der Waals surface area (Å²) in [4.78, 5) is 0. The van der Waals surface area contributed by atoms with Crippen molar-refractivity contribution < 1.29 is 4.74 Å². The van der Waals surface area contributed by atoms with E-state index in [9.17, 15) is 0 Å². The van der Waals surface area contributed by atoms with Crippen molar-refractivity contribution in [3.63, 3.8) is 0 Å². The lowest BCUT2D eigenvalue weighted by atomic mass is 10.0. The number of hydrogen-bond acceptors (Lipinski definition) is 3. The van der Waals surface area contributed by atoms with Crippen molar-refractivity contribution in [2.45, 2.75) is 38.3 Å². The van der Waals surface area contributed by atoms with Crippen molar-refractivity contribution in [3.05, 3.63) is 47.8 Å². The molecule has 1 N–H and O–H groups in total. The van der Waals surface area contributed by atoms with E-state index >= 15 is 0 Å². The van der Waals surface area contributed by atoms with E-state index in [-0.39, 0.29) is 6.10 Å². The number of nitrogens with one attached hydrogen (secondary N) is 1. The topological polar surface area (TPSA) is 39.1 Å². The molecule has 0 fully saturated rings. The molecular weight excluding hydrogens is 262 g/mol. The normalized spacial score (nSPS) is 18.3. The summed E-state index contributed by atoms with van der Waals surface area (Å²) in [7, 11) is 1.96. The molecular formula is C17H23N3O. The molecule has 2 unspecified atom stereocenters. The number of rotatable bonds is 6. The molecule has 2 atom stereocenters. The Labute approximate surface area is 126 Å². The molecule has 0 amide bonds. The van der Waals surface area contributed by atoms with Crippen molar-refractivity contribution >= 4 is 0 Å². The molecule has 0 bridgehead atoms. The van der Waals surface area contributed by atoms with Gasteiger partial charge in [-0.3, -0.25) is 4.68 Å². The van der Waals surface area contributed by atoms with Crippen LogP contribution in [0, 0.1) is 0 Å². The Balaban J connectivity index is 1.71. The first-order chi connectivity index (χ1) is 10.3. The van der Waals surface area contributed by atoms with E-state index in [0.29, 0.717) is 6.04 Å². The van der Waals surface area contributed by atoms with Crippen LogP contribution in [0.3, 0.4) is 0 Å². The number of fused-ring (bicyclic) bond motifs is 1. The van der Waals surface area contributed by atoms with Gasteiger partial charge < -0.3 is 10.1 Å². The zero-order chi connectivity index (χ0) is 14.7. The van der Waals surface area contributed by atoms with Crippen molar-refractivity contribution in [1.29, 1.82) is 0 Å². The highest BCUT2D eigenvalue weighted by Gasteiger charge is 2.30. The highest BCUT2D eigenvalue weighted by atomic mass is 16.5. The lowest BCUT2D eigenvalue weighted by Crippen LogP contribution is -2.44. The Bertz CT molecular complexity index is 568. The van der Waals surface area contributed by atoms with E-state index in [1.807, 2.05) is 24.0 Å². The van der Waals surface area contributed by atoms with E-state index in [1.54, 1.807) is 0 Å². The van der Waals surface area contributed by atoms with Gasteiger partial charge in [0.25, 0.3) is 0 Å². The summed E-state index contributed by atoms with van der Waals surface area (Å²) >= 11 is 0. The minimum atomic E-state index is 0.191. The van der Waals surface area contributed by atoms with Gasteiger partial charge in [0.1, 0.15) is 11.9 Å². The zero-order valence-corrected chi connectivity index (χ0v) is 12.7. The second-order valence-corrected chi connectivity index (χ2v) is 5.71. The Morgan fingerprint density at radius 3 is 2.95 bits per heavy atom. The standard InChI is InChI=1S/C17H23N3O/c1-3-9-18-15(12-14-8-10-20(2)19-14)17-11-13-6-4-5-7-16(13)21-17/h4-8,10,15,17-18H,3,9,11-12H2,1-2H3. The second-order valence-electron chi connectivity index (χ2n) is 5.71. The predicted octanol–water partition coefficient (Wildman–Crippen LogP) is 2.33. The molecule has 1 aliphatic heterocycles. The van der Waals surface area contributed by atoms with Gasteiger partial charge in [0.2, 0.25) is 0 Å². The van der Waals surface area contributed by atoms with Crippen LogP contribution in [0.15, 0.2) is 36.5 Å². The van der Waals surface area contributed by atoms with Crippen molar-refractivity contribution in [2.75, 3.05) is 6.54 Å². The molecule has 0 radical (unpaired) electrons. The lowest BCUT2D eigenvalue weighted by Gasteiger charge is -2.24. The maximum absolute atomic E-state index is 6.15. The monoisotopic (exact) mass is 285 g/mol. The number of nitrogens with zero attached hydrogens (tertiary/aromatic N) is 2. The molecule has 4 heteroatoms. The molecule has 0 saturated carbocycles. The predicted molar refractivity (Wildman–Crippen MR) is 83.6 cm³/mol. The van der Waals surface area contributed by atoms with Crippen LogP contribution >= 0.6 is 0 Å². The number of hydrogen-bond donors (Lipinski definition) is 1. The van der Waals surface area contributed by atoms with Crippen LogP contribution in [0.25, 0.3) is 0 Å². The van der Waals surface area contributed by atoms with E-state index in [2.05, 4.69) is 41.6 Å². The van der Waals surface area contributed by atoms with Gasteiger partial charge in [0.15, 0.2) is 0 Å². The van der Waals surface area contributed by atoms with Crippen molar-refractivity contribution in [3.8, 4) is 5.75 Å². The van der Waals surface area contributed by atoms with Crippen molar-refractivity contribution in [2.24, 2.45) is 7.05 Å². The van der Waals surface area contributed by atoms with E-state index in [4.69, 9.17) is 4.74 Å². The third-order valence-electron chi connectivity index (χ3n) is 3.98. The maximum Gasteiger partial charge on any atom is 0.123 e. The van der Waals surface area contributed by atoms with Gasteiger partial charge >= 0.3 is 0 Å². The quantitative estimate of drug-likeness (QED) is 0.885. The number of benzene rings is 1. The number of para-hydroxylation sites is 1. The highest BCUT2D eigenvalue weighted by molar-refractivity contribution is 5.37. The van der Waals surface area contributed by atoms with Gasteiger partial charge in [-0.25, -0.2) is 0 Å². The minimum absolute atomic E-state index is 0.191. The molecule has 3 rings (SSSR count). The third kappa shape index (κ3) is 3.27. The SMILES string of the molecule is CCCNC(Cc1ccn(C)n1)C1Cc2ccccc2O1. The van der Waals surface area contributed by atoms with Crippen LogP contribution in [0.2, 0.25) is 0 Å². The molecule has 21 heavy (non-hydrogen) atoms. The Hall–Kier alpha value is -1.81. The minimum Gasteiger partial charge on any atom is -0.488 e. The first-order valence-corrected chi connectivity index (χ1v) is 7.72. The molecule has 4 nitrogen and oxygen atoms in total. The summed E-state index contributed by atoms with van der Waals surface area (Å²) in [6.45, 7) is 3.20.